The van der Waals surface area contributed by atoms with Gasteiger partial charge in [0.15, 0.2) is 9.84 Å². The second-order valence-electron chi connectivity index (χ2n) is 4.83. The van der Waals surface area contributed by atoms with E-state index in [-0.39, 0.29) is 23.5 Å². The summed E-state index contributed by atoms with van der Waals surface area (Å²) >= 11 is 0. The van der Waals surface area contributed by atoms with Crippen molar-refractivity contribution in [3.63, 3.8) is 0 Å². The summed E-state index contributed by atoms with van der Waals surface area (Å²) in [6.07, 6.45) is 3.34. The number of carbonyl (C=O) groups excluding carboxylic acids is 1. The van der Waals surface area contributed by atoms with Crippen LogP contribution in [0.15, 0.2) is 18.5 Å². The van der Waals surface area contributed by atoms with Crippen molar-refractivity contribution in [2.75, 3.05) is 18.1 Å². The highest BCUT2D eigenvalue weighted by atomic mass is 32.2. The first-order valence-corrected chi connectivity index (χ1v) is 8.64. The number of hydrogen-bond donors (Lipinski definition) is 0. The average Bonchev–Trinajstić information content (AvgIpc) is 2.91. The summed E-state index contributed by atoms with van der Waals surface area (Å²) in [5.74, 6) is -0.0258. The number of carbonyl (C=O) groups is 1. The van der Waals surface area contributed by atoms with E-state index in [0.717, 1.165) is 0 Å². The molecule has 0 bridgehead atoms. The van der Waals surface area contributed by atoms with Crippen LogP contribution in [0.4, 0.5) is 0 Å². The van der Waals surface area contributed by atoms with Gasteiger partial charge in [-0.15, -0.1) is 0 Å². The molecule has 1 rings (SSSR count). The summed E-state index contributed by atoms with van der Waals surface area (Å²) in [4.78, 5) is 14.1. The Labute approximate surface area is 120 Å². The molecule has 0 radical (unpaired) electrons. The molecule has 7 heteroatoms. The largest absolute Gasteiger partial charge is 0.337 e. The van der Waals surface area contributed by atoms with Crippen molar-refractivity contribution in [1.29, 1.82) is 0 Å². The second-order valence-corrected chi connectivity index (χ2v) is 7.23. The number of amides is 1. The molecule has 1 aromatic heterocycles. The second kappa shape index (κ2) is 6.88. The molecule has 6 nitrogen and oxygen atoms in total. The van der Waals surface area contributed by atoms with Crippen LogP contribution >= 0.6 is 0 Å². The fourth-order valence-corrected chi connectivity index (χ4v) is 3.27. The molecule has 2 atom stereocenters. The van der Waals surface area contributed by atoms with E-state index in [1.54, 1.807) is 48.8 Å². The molecule has 0 spiro atoms. The van der Waals surface area contributed by atoms with Crippen LogP contribution in [0, 0.1) is 0 Å². The van der Waals surface area contributed by atoms with Crippen molar-refractivity contribution in [2.45, 2.75) is 39.8 Å². The normalized spacial score (nSPS) is 14.8. The zero-order valence-electron chi connectivity index (χ0n) is 12.5. The predicted molar refractivity (Wildman–Crippen MR) is 78.1 cm³/mol. The first kappa shape index (κ1) is 16.7. The molecule has 1 heterocycles. The van der Waals surface area contributed by atoms with Gasteiger partial charge in [-0.05, 0) is 26.8 Å². The van der Waals surface area contributed by atoms with Crippen LogP contribution in [0.25, 0.3) is 0 Å². The van der Waals surface area contributed by atoms with Crippen LogP contribution in [-0.2, 0) is 14.6 Å². The Bertz CT molecular complexity index is 525. The molecule has 1 amide bonds. The van der Waals surface area contributed by atoms with Crippen LogP contribution in [0.3, 0.4) is 0 Å². The molecule has 0 unspecified atom stereocenters. The molecule has 0 saturated carbocycles. The Balaban J connectivity index is 2.82. The number of rotatable bonds is 7. The van der Waals surface area contributed by atoms with Crippen LogP contribution in [0.5, 0.6) is 0 Å². The number of hydrogen-bond acceptors (Lipinski definition) is 4. The molecule has 0 saturated heterocycles. The molecule has 20 heavy (non-hydrogen) atoms. The van der Waals surface area contributed by atoms with Gasteiger partial charge in [-0.3, -0.25) is 9.48 Å². The highest BCUT2D eigenvalue weighted by Crippen LogP contribution is 2.13. The smallest absolute Gasteiger partial charge is 0.247 e. The van der Waals surface area contributed by atoms with Crippen LogP contribution in [-0.4, -0.2) is 53.1 Å². The minimum atomic E-state index is -3.10. The van der Waals surface area contributed by atoms with Crippen LogP contribution < -0.4 is 0 Å². The topological polar surface area (TPSA) is 72.3 Å². The lowest BCUT2D eigenvalue weighted by molar-refractivity contribution is -0.136. The van der Waals surface area contributed by atoms with Crippen molar-refractivity contribution < 1.29 is 13.2 Å². The Hall–Kier alpha value is -1.37. The van der Waals surface area contributed by atoms with Crippen molar-refractivity contribution in [3.8, 4) is 0 Å². The molecule has 0 aliphatic heterocycles. The van der Waals surface area contributed by atoms with E-state index >= 15 is 0 Å². The Morgan fingerprint density at radius 3 is 2.45 bits per heavy atom. The Morgan fingerprint density at radius 2 is 2.00 bits per heavy atom. The maximum atomic E-state index is 12.5. The summed E-state index contributed by atoms with van der Waals surface area (Å²) in [7, 11) is -3.10. The lowest BCUT2D eigenvalue weighted by Gasteiger charge is -2.30. The predicted octanol–water partition coefficient (Wildman–Crippen LogP) is 1.12. The molecule has 0 aliphatic rings. The fourth-order valence-electron chi connectivity index (χ4n) is 2.12. The van der Waals surface area contributed by atoms with Crippen LogP contribution in [0.1, 0.15) is 33.7 Å². The van der Waals surface area contributed by atoms with E-state index in [1.165, 1.54) is 0 Å². The van der Waals surface area contributed by atoms with Gasteiger partial charge >= 0.3 is 0 Å². The Kier molecular flexibility index (Phi) is 5.74. The maximum absolute atomic E-state index is 12.5. The fraction of sp³-hybridized carbons (Fsp3) is 0.692. The van der Waals surface area contributed by atoms with Crippen molar-refractivity contribution in [1.82, 2.24) is 14.7 Å². The monoisotopic (exact) mass is 301 g/mol. The summed E-state index contributed by atoms with van der Waals surface area (Å²) in [5, 5.41) is 4.05. The summed E-state index contributed by atoms with van der Waals surface area (Å²) < 4.78 is 25.0. The third-order valence-corrected chi connectivity index (χ3v) is 5.24. The zero-order chi connectivity index (χ0) is 15.3. The third-order valence-electron chi connectivity index (χ3n) is 3.37. The van der Waals surface area contributed by atoms with E-state index in [9.17, 15) is 13.2 Å². The highest BCUT2D eigenvalue weighted by molar-refractivity contribution is 7.91. The van der Waals surface area contributed by atoms with Crippen LogP contribution in [0.2, 0.25) is 0 Å². The van der Waals surface area contributed by atoms with Gasteiger partial charge in [-0.2, -0.15) is 5.10 Å². The van der Waals surface area contributed by atoms with Crippen molar-refractivity contribution in [2.24, 2.45) is 0 Å². The number of nitrogens with zero attached hydrogens (tertiary/aromatic N) is 3. The standard InChI is InChI=1S/C13H23N3O3S/c1-5-15(11(3)10-20(18,19)6-2)13(17)12(4)16-9-7-8-14-16/h7-9,11-12H,5-6,10H2,1-4H3/t11-,12+/m0/s1. The molecular weight excluding hydrogens is 278 g/mol. The van der Waals surface area contributed by atoms with E-state index in [2.05, 4.69) is 5.10 Å². The van der Waals surface area contributed by atoms with E-state index in [0.29, 0.717) is 6.54 Å². The maximum Gasteiger partial charge on any atom is 0.247 e. The molecule has 1 aromatic rings. The Morgan fingerprint density at radius 1 is 1.35 bits per heavy atom. The first-order chi connectivity index (χ1) is 9.32. The van der Waals surface area contributed by atoms with Gasteiger partial charge in [-0.1, -0.05) is 6.92 Å². The van der Waals surface area contributed by atoms with Gasteiger partial charge < -0.3 is 4.90 Å². The van der Waals surface area contributed by atoms with Gasteiger partial charge in [0, 0.05) is 30.7 Å². The first-order valence-electron chi connectivity index (χ1n) is 6.82. The number of likely N-dealkylation sites (N-methyl/N-ethyl adjacent to an activating group) is 1. The molecule has 114 valence electrons. The van der Waals surface area contributed by atoms with Gasteiger partial charge in [0.2, 0.25) is 5.91 Å². The number of aromatic nitrogens is 2. The third kappa shape index (κ3) is 4.06. The van der Waals surface area contributed by atoms with Gasteiger partial charge in [0.25, 0.3) is 0 Å². The van der Waals surface area contributed by atoms with Gasteiger partial charge in [-0.25, -0.2) is 8.42 Å². The van der Waals surface area contributed by atoms with Gasteiger partial charge in [0.05, 0.1) is 5.75 Å². The summed E-state index contributed by atoms with van der Waals surface area (Å²) in [6, 6.07) is 0.984. The molecule has 0 N–H and O–H groups in total. The molecular formula is C13H23N3O3S. The lowest BCUT2D eigenvalue weighted by Crippen LogP contribution is -2.45. The number of sulfone groups is 1. The highest BCUT2D eigenvalue weighted by Gasteiger charge is 2.27. The van der Waals surface area contributed by atoms with E-state index < -0.39 is 15.9 Å². The minimum absolute atomic E-state index is 0.00505. The zero-order valence-corrected chi connectivity index (χ0v) is 13.3. The van der Waals surface area contributed by atoms with Crippen molar-refractivity contribution in [3.05, 3.63) is 18.5 Å². The SMILES string of the molecule is CCN(C(=O)[C@@H](C)n1cccn1)[C@@H](C)CS(=O)(=O)CC. The average molecular weight is 301 g/mol. The minimum Gasteiger partial charge on any atom is -0.337 e. The molecule has 0 aromatic carbocycles. The molecule has 0 fully saturated rings. The van der Waals surface area contributed by atoms with Crippen molar-refractivity contribution >= 4 is 15.7 Å². The van der Waals surface area contributed by atoms with E-state index in [1.807, 2.05) is 6.92 Å². The summed E-state index contributed by atoms with van der Waals surface area (Å²) in [5.41, 5.74) is 0. The summed E-state index contributed by atoms with van der Waals surface area (Å²) in [6.45, 7) is 7.48. The lowest BCUT2D eigenvalue weighted by atomic mass is 10.2. The van der Waals surface area contributed by atoms with Gasteiger partial charge in [0.1, 0.15) is 6.04 Å². The quantitative estimate of drug-likeness (QED) is 0.756. The molecule has 0 aliphatic carbocycles. The van der Waals surface area contributed by atoms with E-state index in [4.69, 9.17) is 0 Å².